The summed E-state index contributed by atoms with van der Waals surface area (Å²) in [7, 11) is 1.81. The van der Waals surface area contributed by atoms with Crippen molar-refractivity contribution < 1.29 is 13.9 Å². The molecule has 2 aromatic heterocycles. The van der Waals surface area contributed by atoms with Gasteiger partial charge in [-0.3, -0.25) is 4.79 Å². The fraction of sp³-hybridized carbons (Fsp3) is 0.455. The Morgan fingerprint density at radius 1 is 1.29 bits per heavy atom. The van der Waals surface area contributed by atoms with E-state index in [1.165, 1.54) is 30.7 Å². The number of anilines is 1. The maximum absolute atomic E-state index is 15.4. The molecule has 5 rings (SSSR count). The molecule has 2 aliphatic rings. The average Bonchev–Trinajstić information content (AvgIpc) is 3.03. The summed E-state index contributed by atoms with van der Waals surface area (Å²) in [6.07, 6.45) is 4.16. The van der Waals surface area contributed by atoms with Gasteiger partial charge in [0.15, 0.2) is 17.1 Å². The van der Waals surface area contributed by atoms with Gasteiger partial charge in [0.1, 0.15) is 17.5 Å². The second-order valence-corrected chi connectivity index (χ2v) is 9.18. The van der Waals surface area contributed by atoms with Crippen LogP contribution >= 0.6 is 0 Å². The normalized spacial score (nSPS) is 29.9. The predicted octanol–water partition coefficient (Wildman–Crippen LogP) is 2.80. The molecular weight excluding hydrogens is 401 g/mol. The Bertz CT molecular complexity index is 1220. The van der Waals surface area contributed by atoms with Crippen molar-refractivity contribution in [2.24, 2.45) is 0 Å². The number of rotatable bonds is 3. The maximum Gasteiger partial charge on any atom is 0.192 e. The number of alkyl halides is 1. The molecule has 31 heavy (non-hydrogen) atoms. The fourth-order valence-corrected chi connectivity index (χ4v) is 5.05. The van der Waals surface area contributed by atoms with Gasteiger partial charge in [0, 0.05) is 24.2 Å². The number of phenolic OH excluding ortho intramolecular Hbond substituents is 1. The average molecular weight is 425 g/mol. The number of piperidine rings is 1. The van der Waals surface area contributed by atoms with E-state index in [1.54, 1.807) is 4.90 Å². The minimum Gasteiger partial charge on any atom is -0.507 e. The van der Waals surface area contributed by atoms with Crippen LogP contribution in [0.1, 0.15) is 33.1 Å². The Kier molecular flexibility index (Phi) is 4.30. The summed E-state index contributed by atoms with van der Waals surface area (Å²) < 4.78 is 20.7. The van der Waals surface area contributed by atoms with Gasteiger partial charge in [-0.25, -0.2) is 9.37 Å². The molecular formula is C22H24FN5O3. The molecule has 1 aromatic carbocycles. The molecule has 0 spiro atoms. The number of hydrogen-bond acceptors (Lipinski definition) is 8. The molecule has 3 aromatic rings. The largest absolute Gasteiger partial charge is 0.507 e. The van der Waals surface area contributed by atoms with E-state index in [0.29, 0.717) is 23.4 Å². The topological polar surface area (TPSA) is 104 Å². The first kappa shape index (κ1) is 19.9. The van der Waals surface area contributed by atoms with E-state index >= 15 is 4.39 Å². The molecule has 2 saturated heterocycles. The van der Waals surface area contributed by atoms with Crippen LogP contribution in [0.25, 0.3) is 22.4 Å². The molecule has 0 amide bonds. The Hall–Kier alpha value is -3.07. The number of nitrogens with one attached hydrogen (secondary N) is 1. The number of benzene rings is 1. The van der Waals surface area contributed by atoms with Gasteiger partial charge < -0.3 is 19.7 Å². The third-order valence-corrected chi connectivity index (χ3v) is 6.82. The number of halogens is 1. The van der Waals surface area contributed by atoms with Crippen LogP contribution in [0, 0.1) is 0 Å². The van der Waals surface area contributed by atoms with Crippen LogP contribution in [0.5, 0.6) is 5.75 Å². The minimum atomic E-state index is -1.05. The van der Waals surface area contributed by atoms with Crippen LogP contribution in [0.2, 0.25) is 0 Å². The Balaban J connectivity index is 1.45. The summed E-state index contributed by atoms with van der Waals surface area (Å²) in [6.45, 7) is 4.08. The highest BCUT2D eigenvalue weighted by Gasteiger charge is 2.56. The zero-order chi connectivity index (χ0) is 22.0. The maximum atomic E-state index is 15.4. The fourth-order valence-electron chi connectivity index (χ4n) is 5.05. The minimum absolute atomic E-state index is 0.0993. The molecule has 162 valence electrons. The van der Waals surface area contributed by atoms with Crippen LogP contribution in [0.4, 0.5) is 10.2 Å². The summed E-state index contributed by atoms with van der Waals surface area (Å²) in [6, 6.07) is 3.79. The molecule has 0 unspecified atom stereocenters. The van der Waals surface area contributed by atoms with E-state index in [1.807, 2.05) is 14.0 Å². The van der Waals surface area contributed by atoms with E-state index in [2.05, 4.69) is 27.4 Å². The van der Waals surface area contributed by atoms with E-state index in [-0.39, 0.29) is 34.0 Å². The van der Waals surface area contributed by atoms with Crippen molar-refractivity contribution in [2.75, 3.05) is 11.9 Å². The predicted molar refractivity (Wildman–Crippen MR) is 114 cm³/mol. The van der Waals surface area contributed by atoms with Gasteiger partial charge >= 0.3 is 0 Å². The Labute approximate surface area is 178 Å². The first-order valence-corrected chi connectivity index (χ1v) is 10.3. The highest BCUT2D eigenvalue weighted by atomic mass is 19.1. The SMILES string of the molecule is CN(c1cnc(-c2cc3occc(=O)c3cc2O)nn1)[C@@H]1C[C@@]2(C)CC[C@](C)(N2)[C@@H]1F. The van der Waals surface area contributed by atoms with E-state index < -0.39 is 11.7 Å². The lowest BCUT2D eigenvalue weighted by molar-refractivity contribution is 0.0859. The van der Waals surface area contributed by atoms with E-state index in [9.17, 15) is 9.90 Å². The Morgan fingerprint density at radius 3 is 2.84 bits per heavy atom. The van der Waals surface area contributed by atoms with Gasteiger partial charge in [0.2, 0.25) is 0 Å². The van der Waals surface area contributed by atoms with Crippen molar-refractivity contribution in [2.45, 2.75) is 56.4 Å². The monoisotopic (exact) mass is 425 g/mol. The molecule has 2 aliphatic heterocycles. The van der Waals surface area contributed by atoms with Gasteiger partial charge in [-0.05, 0) is 45.2 Å². The van der Waals surface area contributed by atoms with Crippen LogP contribution in [-0.2, 0) is 0 Å². The number of nitrogens with zero attached hydrogens (tertiary/aromatic N) is 4. The summed E-state index contributed by atoms with van der Waals surface area (Å²) >= 11 is 0. The zero-order valence-electron chi connectivity index (χ0n) is 17.6. The quantitative estimate of drug-likeness (QED) is 0.660. The second-order valence-electron chi connectivity index (χ2n) is 9.18. The number of fused-ring (bicyclic) bond motifs is 3. The first-order valence-electron chi connectivity index (χ1n) is 10.3. The molecule has 9 heteroatoms. The molecule has 0 radical (unpaired) electrons. The summed E-state index contributed by atoms with van der Waals surface area (Å²) in [5.41, 5.74) is -0.284. The summed E-state index contributed by atoms with van der Waals surface area (Å²) in [5.74, 6) is 0.495. The second kappa shape index (κ2) is 6.71. The van der Waals surface area contributed by atoms with Gasteiger partial charge in [-0.1, -0.05) is 0 Å². The number of hydrogen-bond donors (Lipinski definition) is 2. The number of aromatic hydroxyl groups is 1. The van der Waals surface area contributed by atoms with Crippen molar-refractivity contribution in [3.05, 3.63) is 40.9 Å². The first-order chi connectivity index (χ1) is 14.7. The highest BCUT2D eigenvalue weighted by molar-refractivity contribution is 5.84. The van der Waals surface area contributed by atoms with Crippen molar-refractivity contribution >= 4 is 16.8 Å². The number of phenols is 1. The molecule has 4 heterocycles. The Morgan fingerprint density at radius 2 is 2.10 bits per heavy atom. The zero-order valence-corrected chi connectivity index (χ0v) is 17.6. The van der Waals surface area contributed by atoms with Crippen molar-refractivity contribution in [3.8, 4) is 17.1 Å². The lowest BCUT2D eigenvalue weighted by atomic mass is 9.82. The third-order valence-electron chi connectivity index (χ3n) is 6.82. The molecule has 0 saturated carbocycles. The van der Waals surface area contributed by atoms with Crippen molar-refractivity contribution in [1.82, 2.24) is 20.5 Å². The van der Waals surface area contributed by atoms with Gasteiger partial charge in [-0.2, -0.15) is 0 Å². The summed E-state index contributed by atoms with van der Waals surface area (Å²) in [5, 5.41) is 22.5. The van der Waals surface area contributed by atoms with Crippen molar-refractivity contribution in [3.63, 3.8) is 0 Å². The van der Waals surface area contributed by atoms with E-state index in [0.717, 1.165) is 12.8 Å². The van der Waals surface area contributed by atoms with Crippen molar-refractivity contribution in [1.29, 1.82) is 0 Å². The highest BCUT2D eigenvalue weighted by Crippen LogP contribution is 2.45. The van der Waals surface area contributed by atoms with E-state index in [4.69, 9.17) is 4.42 Å². The van der Waals surface area contributed by atoms with Crippen LogP contribution in [0.3, 0.4) is 0 Å². The molecule has 0 aliphatic carbocycles. The third kappa shape index (κ3) is 3.15. The smallest absolute Gasteiger partial charge is 0.192 e. The lowest BCUT2D eigenvalue weighted by Gasteiger charge is -2.47. The van der Waals surface area contributed by atoms with Gasteiger partial charge in [0.05, 0.1) is 29.5 Å². The summed E-state index contributed by atoms with van der Waals surface area (Å²) in [4.78, 5) is 18.1. The molecule has 2 fully saturated rings. The van der Waals surface area contributed by atoms with Gasteiger partial charge in [0.25, 0.3) is 0 Å². The lowest BCUT2D eigenvalue weighted by Crippen LogP contribution is -2.65. The standard InChI is InChI=1S/C22H24FN5O3/c1-21-5-6-22(2,27-21)19(23)14(10-21)28(3)18-11-24-20(26-25-18)13-9-17-12(8-16(13)30)15(29)4-7-31-17/h4,7-9,11,14,19,27,30H,5-6,10H2,1-3H3/t14-,19-,21-,22+/m1/s1. The molecule has 2 bridgehead atoms. The van der Waals surface area contributed by atoms with Crippen LogP contribution in [0.15, 0.2) is 39.9 Å². The molecule has 4 atom stereocenters. The number of aromatic nitrogens is 3. The van der Waals surface area contributed by atoms with Crippen LogP contribution in [-0.4, -0.2) is 50.6 Å². The van der Waals surface area contributed by atoms with Gasteiger partial charge in [-0.15, -0.1) is 10.2 Å². The molecule has 2 N–H and O–H groups in total. The van der Waals surface area contributed by atoms with Crippen LogP contribution < -0.4 is 15.6 Å². The molecule has 8 nitrogen and oxygen atoms in total.